The number of hydrogen-bond donors (Lipinski definition) is 1. The number of benzene rings is 1. The number of carbonyl (C=O) groups excluding carboxylic acids is 1. The molecule has 0 saturated carbocycles. The summed E-state index contributed by atoms with van der Waals surface area (Å²) in [4.78, 5) is 18.7. The number of aromatic nitrogens is 2. The van der Waals surface area contributed by atoms with Gasteiger partial charge in [-0.3, -0.25) is 9.62 Å². The van der Waals surface area contributed by atoms with Crippen LogP contribution < -0.4 is 9.62 Å². The molecular weight excluding hydrogens is 537 g/mol. The monoisotopic (exact) mass is 570 g/mol. The van der Waals surface area contributed by atoms with Gasteiger partial charge in [-0.1, -0.05) is 6.07 Å². The van der Waals surface area contributed by atoms with E-state index in [0.29, 0.717) is 64.5 Å². The summed E-state index contributed by atoms with van der Waals surface area (Å²) in [5.41, 5.74) is -0.0405. The van der Waals surface area contributed by atoms with Gasteiger partial charge in [-0.15, -0.1) is 5.10 Å². The van der Waals surface area contributed by atoms with E-state index in [2.05, 4.69) is 14.7 Å². The second kappa shape index (κ2) is 10.6. The predicted octanol–water partition coefficient (Wildman–Crippen LogP) is 3.21. The third-order valence-electron chi connectivity index (χ3n) is 7.92. The lowest BCUT2D eigenvalue weighted by Gasteiger charge is -2.45. The molecule has 214 valence electrons. The zero-order chi connectivity index (χ0) is 27.8. The first-order chi connectivity index (χ1) is 18.4. The minimum atomic E-state index is -4.46. The molecule has 0 atom stereocenters. The van der Waals surface area contributed by atoms with Crippen LogP contribution in [0.1, 0.15) is 36.8 Å². The van der Waals surface area contributed by atoms with Crippen LogP contribution in [0.4, 0.5) is 29.5 Å². The minimum Gasteiger partial charge on any atom is -0.378 e. The molecule has 0 aliphatic carbocycles. The van der Waals surface area contributed by atoms with E-state index in [0.717, 1.165) is 23.8 Å². The summed E-state index contributed by atoms with van der Waals surface area (Å²) in [6, 6.07) is 5.69. The Bertz CT molecular complexity index is 1300. The SMILES string of the molecule is CS(=O)(=O)Nc1ccn(C(=O)N2CCC3(CCCN3Cc3ccc(N4CCOCC4)cc3C(F)(F)F)CC2)n1. The normalized spacial score (nSPS) is 20.5. The Hall–Kier alpha value is -2.84. The van der Waals surface area contributed by atoms with Crippen LogP contribution in [-0.4, -0.2) is 91.8 Å². The topological polar surface area (TPSA) is 100 Å². The molecular formula is C25H33F3N6O4S. The van der Waals surface area contributed by atoms with E-state index in [-0.39, 0.29) is 29.5 Å². The van der Waals surface area contributed by atoms with Crippen molar-refractivity contribution in [3.63, 3.8) is 0 Å². The summed E-state index contributed by atoms with van der Waals surface area (Å²) in [6.07, 6.45) is 0.980. The Morgan fingerprint density at radius 3 is 2.46 bits per heavy atom. The van der Waals surface area contributed by atoms with Gasteiger partial charge in [-0.05, 0) is 49.9 Å². The van der Waals surface area contributed by atoms with Gasteiger partial charge in [0.25, 0.3) is 0 Å². The maximum Gasteiger partial charge on any atom is 0.416 e. The lowest BCUT2D eigenvalue weighted by molar-refractivity contribution is -0.138. The summed E-state index contributed by atoms with van der Waals surface area (Å²) in [5.74, 6) is 0.0569. The summed E-state index contributed by atoms with van der Waals surface area (Å²) >= 11 is 0. The fraction of sp³-hybridized carbons (Fsp3) is 0.600. The summed E-state index contributed by atoms with van der Waals surface area (Å²) in [7, 11) is -3.52. The summed E-state index contributed by atoms with van der Waals surface area (Å²) < 4.78 is 74.0. The number of carbonyl (C=O) groups is 1. The number of likely N-dealkylation sites (tertiary alicyclic amines) is 2. The first-order valence-corrected chi connectivity index (χ1v) is 14.9. The molecule has 3 fully saturated rings. The van der Waals surface area contributed by atoms with Crippen molar-refractivity contribution < 1.29 is 31.1 Å². The van der Waals surface area contributed by atoms with Crippen molar-refractivity contribution >= 4 is 27.6 Å². The molecule has 0 unspecified atom stereocenters. The zero-order valence-corrected chi connectivity index (χ0v) is 22.6. The van der Waals surface area contributed by atoms with Gasteiger partial charge in [0.2, 0.25) is 10.0 Å². The molecule has 1 amide bonds. The van der Waals surface area contributed by atoms with Gasteiger partial charge >= 0.3 is 12.2 Å². The van der Waals surface area contributed by atoms with Crippen LogP contribution in [0.2, 0.25) is 0 Å². The Kier molecular flexibility index (Phi) is 7.55. The fourth-order valence-corrected chi connectivity index (χ4v) is 6.42. The van der Waals surface area contributed by atoms with Gasteiger partial charge in [0.1, 0.15) is 0 Å². The second-order valence-corrected chi connectivity index (χ2v) is 12.2. The van der Waals surface area contributed by atoms with Crippen LogP contribution in [-0.2, 0) is 27.5 Å². The van der Waals surface area contributed by atoms with Crippen molar-refractivity contribution in [2.24, 2.45) is 0 Å². The predicted molar refractivity (Wildman–Crippen MR) is 139 cm³/mol. The smallest absolute Gasteiger partial charge is 0.378 e. The van der Waals surface area contributed by atoms with Crippen molar-refractivity contribution in [1.29, 1.82) is 0 Å². The Morgan fingerprint density at radius 1 is 1.08 bits per heavy atom. The van der Waals surface area contributed by atoms with Crippen LogP contribution >= 0.6 is 0 Å². The van der Waals surface area contributed by atoms with Gasteiger partial charge in [0.15, 0.2) is 5.82 Å². The molecule has 2 aromatic rings. The van der Waals surface area contributed by atoms with Gasteiger partial charge < -0.3 is 14.5 Å². The highest BCUT2D eigenvalue weighted by Gasteiger charge is 2.45. The number of ether oxygens (including phenoxy) is 1. The maximum atomic E-state index is 14.1. The quantitative estimate of drug-likeness (QED) is 0.590. The number of morpholine rings is 1. The lowest BCUT2D eigenvalue weighted by Crippen LogP contribution is -2.53. The summed E-state index contributed by atoms with van der Waals surface area (Å²) in [5, 5.41) is 4.01. The van der Waals surface area contributed by atoms with Crippen molar-refractivity contribution in [3.8, 4) is 0 Å². The molecule has 1 aromatic heterocycles. The van der Waals surface area contributed by atoms with Gasteiger partial charge in [-0.2, -0.15) is 17.9 Å². The summed E-state index contributed by atoms with van der Waals surface area (Å²) in [6.45, 7) is 3.90. The average molecular weight is 571 g/mol. The van der Waals surface area contributed by atoms with Gasteiger partial charge in [-0.25, -0.2) is 13.2 Å². The lowest BCUT2D eigenvalue weighted by atomic mass is 9.84. The Labute approximate surface area is 225 Å². The number of anilines is 2. The number of halogens is 3. The van der Waals surface area contributed by atoms with E-state index < -0.39 is 21.8 Å². The Morgan fingerprint density at radius 2 is 1.79 bits per heavy atom. The van der Waals surface area contributed by atoms with E-state index >= 15 is 0 Å². The van der Waals surface area contributed by atoms with Gasteiger partial charge in [0, 0.05) is 56.2 Å². The minimum absolute atomic E-state index is 0.0569. The molecule has 39 heavy (non-hydrogen) atoms. The number of alkyl halides is 3. The van der Waals surface area contributed by atoms with Crippen LogP contribution in [0.5, 0.6) is 0 Å². The number of nitrogens with zero attached hydrogens (tertiary/aromatic N) is 5. The zero-order valence-electron chi connectivity index (χ0n) is 21.8. The largest absolute Gasteiger partial charge is 0.416 e. The number of nitrogens with one attached hydrogen (secondary N) is 1. The molecule has 3 aliphatic heterocycles. The molecule has 1 spiro atoms. The molecule has 1 aromatic carbocycles. The Balaban J connectivity index is 1.27. The molecule has 3 aliphatic rings. The second-order valence-electron chi connectivity index (χ2n) is 10.5. The van der Waals surface area contributed by atoms with E-state index in [9.17, 15) is 26.4 Å². The first-order valence-electron chi connectivity index (χ1n) is 13.0. The van der Waals surface area contributed by atoms with E-state index in [1.54, 1.807) is 17.0 Å². The third-order valence-corrected chi connectivity index (χ3v) is 8.50. The van der Waals surface area contributed by atoms with Crippen molar-refractivity contribution in [1.82, 2.24) is 19.6 Å². The number of hydrogen-bond acceptors (Lipinski definition) is 7. The van der Waals surface area contributed by atoms with E-state index in [1.165, 1.54) is 18.3 Å². The molecule has 0 radical (unpaired) electrons. The molecule has 14 heteroatoms. The average Bonchev–Trinajstić information content (AvgIpc) is 3.50. The molecule has 3 saturated heterocycles. The third kappa shape index (κ3) is 6.17. The first kappa shape index (κ1) is 27.7. The molecule has 4 heterocycles. The van der Waals surface area contributed by atoms with Crippen LogP contribution in [0.25, 0.3) is 0 Å². The molecule has 1 N–H and O–H groups in total. The van der Waals surface area contributed by atoms with E-state index in [1.807, 2.05) is 4.90 Å². The number of piperidine rings is 1. The van der Waals surface area contributed by atoms with Crippen LogP contribution in [0.3, 0.4) is 0 Å². The molecule has 5 rings (SSSR count). The highest BCUT2D eigenvalue weighted by atomic mass is 32.2. The number of amides is 1. The standard InChI is InChI=1S/C25H33F3N6O4S/c1-39(36,37)30-22-5-10-34(29-22)23(35)32-11-7-24(8-12-32)6-2-9-33(24)18-19-3-4-20(17-21(19)25(26,27)28)31-13-15-38-16-14-31/h3-5,10,17H,2,6-9,11-16,18H2,1H3,(H,29,30). The maximum absolute atomic E-state index is 14.1. The van der Waals surface area contributed by atoms with Crippen LogP contribution in [0.15, 0.2) is 30.5 Å². The van der Waals surface area contributed by atoms with Crippen molar-refractivity contribution in [2.75, 3.05) is 61.8 Å². The van der Waals surface area contributed by atoms with Gasteiger partial charge in [0.05, 0.1) is 25.0 Å². The number of rotatable bonds is 5. The molecule has 0 bridgehead atoms. The fourth-order valence-electron chi connectivity index (χ4n) is 5.93. The van der Waals surface area contributed by atoms with Crippen LogP contribution in [0, 0.1) is 0 Å². The van der Waals surface area contributed by atoms with Crippen molar-refractivity contribution in [3.05, 3.63) is 41.6 Å². The van der Waals surface area contributed by atoms with E-state index in [4.69, 9.17) is 4.74 Å². The highest BCUT2D eigenvalue weighted by molar-refractivity contribution is 7.92. The van der Waals surface area contributed by atoms with Crippen molar-refractivity contribution in [2.45, 2.75) is 43.9 Å². The molecule has 10 nitrogen and oxygen atoms in total. The highest BCUT2D eigenvalue weighted by Crippen LogP contribution is 2.42. The number of sulfonamides is 1.